The first-order valence-electron chi connectivity index (χ1n) is 12.1. The molecule has 1 fully saturated rings. The van der Waals surface area contributed by atoms with Gasteiger partial charge in [0.1, 0.15) is 0 Å². The molecule has 7 nitrogen and oxygen atoms in total. The molecule has 192 valence electrons. The molecule has 1 aliphatic rings. The molecule has 37 heavy (non-hydrogen) atoms. The first-order valence-corrected chi connectivity index (χ1v) is 12.1. The van der Waals surface area contributed by atoms with Gasteiger partial charge < -0.3 is 19.7 Å². The van der Waals surface area contributed by atoms with Gasteiger partial charge in [-0.3, -0.25) is 9.59 Å². The van der Waals surface area contributed by atoms with Gasteiger partial charge in [-0.25, -0.2) is 9.18 Å². The van der Waals surface area contributed by atoms with Crippen molar-refractivity contribution in [2.24, 2.45) is 0 Å². The highest BCUT2D eigenvalue weighted by atomic mass is 19.1. The molecule has 0 saturated carbocycles. The van der Waals surface area contributed by atoms with Gasteiger partial charge >= 0.3 is 5.97 Å². The number of amides is 2. The number of methoxy groups -OCH3 is 2. The fraction of sp³-hybridized carbons (Fsp3) is 0.276. The lowest BCUT2D eigenvalue weighted by molar-refractivity contribution is -0.115. The van der Waals surface area contributed by atoms with Crippen molar-refractivity contribution in [3.05, 3.63) is 94.8 Å². The average Bonchev–Trinajstić information content (AvgIpc) is 2.93. The molecule has 0 atom stereocenters. The van der Waals surface area contributed by atoms with Gasteiger partial charge in [0, 0.05) is 18.8 Å². The van der Waals surface area contributed by atoms with Crippen molar-refractivity contribution in [2.75, 3.05) is 32.6 Å². The number of carbonyl (C=O) groups is 3. The van der Waals surface area contributed by atoms with Crippen LogP contribution in [0.4, 0.5) is 10.1 Å². The van der Waals surface area contributed by atoms with Crippen LogP contribution in [-0.2, 0) is 16.0 Å². The summed E-state index contributed by atoms with van der Waals surface area (Å²) in [7, 11) is 2.70. The summed E-state index contributed by atoms with van der Waals surface area (Å²) in [5, 5.41) is 2.89. The van der Waals surface area contributed by atoms with E-state index >= 15 is 0 Å². The van der Waals surface area contributed by atoms with E-state index in [2.05, 4.69) is 10.1 Å². The van der Waals surface area contributed by atoms with Crippen molar-refractivity contribution in [2.45, 2.75) is 25.2 Å². The number of esters is 1. The molecule has 3 aromatic carbocycles. The lowest BCUT2D eigenvalue weighted by Gasteiger charge is -2.32. The molecule has 2 amide bonds. The first-order chi connectivity index (χ1) is 17.9. The lowest BCUT2D eigenvalue weighted by atomic mass is 9.89. The standard InChI is InChI=1S/C29H29FN2O5/c1-36-25-5-3-4-24(27(25)30)28(34)32-16-14-21(15-17-32)20-10-12-23(13-11-20)31-26(33)18-19-6-8-22(9-7-19)29(35)37-2/h3-13,21H,14-18H2,1-2H3,(H,31,33). The molecule has 0 radical (unpaired) electrons. The number of ether oxygens (including phenoxy) is 2. The minimum atomic E-state index is -0.632. The van der Waals surface area contributed by atoms with Crippen LogP contribution in [0, 0.1) is 5.82 Å². The van der Waals surface area contributed by atoms with Gasteiger partial charge in [0.2, 0.25) is 5.91 Å². The minimum absolute atomic E-state index is 0.0253. The topological polar surface area (TPSA) is 84.9 Å². The van der Waals surface area contributed by atoms with Crippen LogP contribution in [0.1, 0.15) is 50.6 Å². The molecule has 4 rings (SSSR count). The fourth-order valence-corrected chi connectivity index (χ4v) is 4.53. The van der Waals surface area contributed by atoms with Crippen molar-refractivity contribution in [1.82, 2.24) is 4.90 Å². The summed E-state index contributed by atoms with van der Waals surface area (Å²) in [5.41, 5.74) is 3.08. The SMILES string of the molecule is COC(=O)c1ccc(CC(=O)Nc2ccc(C3CCN(C(=O)c4cccc(OC)c4F)CC3)cc2)cc1. The van der Waals surface area contributed by atoms with Gasteiger partial charge in [-0.05, 0) is 66.3 Å². The number of rotatable bonds is 7. The number of nitrogens with zero attached hydrogens (tertiary/aromatic N) is 1. The zero-order valence-corrected chi connectivity index (χ0v) is 20.8. The molecule has 0 bridgehead atoms. The monoisotopic (exact) mass is 504 g/mol. The van der Waals surface area contributed by atoms with Crippen LogP contribution in [0.15, 0.2) is 66.7 Å². The molecule has 0 aliphatic carbocycles. The summed E-state index contributed by atoms with van der Waals surface area (Å²) in [6.45, 7) is 1.07. The number of hydrogen-bond donors (Lipinski definition) is 1. The number of nitrogens with one attached hydrogen (secondary N) is 1. The lowest BCUT2D eigenvalue weighted by Crippen LogP contribution is -2.38. The Morgan fingerprint density at radius 2 is 1.62 bits per heavy atom. The third-order valence-electron chi connectivity index (χ3n) is 6.60. The Hall–Kier alpha value is -4.20. The molecule has 0 spiro atoms. The van der Waals surface area contributed by atoms with Crippen molar-refractivity contribution in [3.8, 4) is 5.75 Å². The number of hydrogen-bond acceptors (Lipinski definition) is 5. The molecule has 1 N–H and O–H groups in total. The Bertz CT molecular complexity index is 1270. The van der Waals surface area contributed by atoms with E-state index in [-0.39, 0.29) is 35.5 Å². The molecule has 0 unspecified atom stereocenters. The van der Waals surface area contributed by atoms with E-state index in [1.807, 2.05) is 24.3 Å². The van der Waals surface area contributed by atoms with Crippen LogP contribution in [0.5, 0.6) is 5.75 Å². The van der Waals surface area contributed by atoms with Gasteiger partial charge in [0.15, 0.2) is 11.6 Å². The Labute approximate surface area is 215 Å². The van der Waals surface area contributed by atoms with E-state index < -0.39 is 11.8 Å². The Morgan fingerprint density at radius 1 is 0.946 bits per heavy atom. The van der Waals surface area contributed by atoms with E-state index in [0.29, 0.717) is 24.3 Å². The zero-order valence-electron chi connectivity index (χ0n) is 20.8. The summed E-state index contributed by atoms with van der Waals surface area (Å²) in [5.74, 6) is -1.20. The van der Waals surface area contributed by atoms with E-state index in [9.17, 15) is 18.8 Å². The van der Waals surface area contributed by atoms with Gasteiger partial charge in [0.05, 0.1) is 31.8 Å². The molecule has 1 heterocycles. The summed E-state index contributed by atoms with van der Waals surface area (Å²) in [6, 6.07) is 19.0. The second kappa shape index (κ2) is 11.7. The number of anilines is 1. The number of halogens is 1. The number of carbonyl (C=O) groups excluding carboxylic acids is 3. The number of piperidine rings is 1. The maximum Gasteiger partial charge on any atom is 0.337 e. The second-order valence-electron chi connectivity index (χ2n) is 8.92. The highest BCUT2D eigenvalue weighted by molar-refractivity contribution is 5.95. The predicted molar refractivity (Wildman–Crippen MR) is 137 cm³/mol. The third-order valence-corrected chi connectivity index (χ3v) is 6.60. The van der Waals surface area contributed by atoms with Gasteiger partial charge in [-0.15, -0.1) is 0 Å². The van der Waals surface area contributed by atoms with Crippen LogP contribution in [-0.4, -0.2) is 50.0 Å². The normalized spacial score (nSPS) is 13.6. The van der Waals surface area contributed by atoms with E-state index in [4.69, 9.17) is 4.74 Å². The van der Waals surface area contributed by atoms with E-state index in [1.54, 1.807) is 35.2 Å². The maximum atomic E-state index is 14.5. The molecule has 1 aliphatic heterocycles. The highest BCUT2D eigenvalue weighted by Gasteiger charge is 2.27. The Kier molecular flexibility index (Phi) is 8.18. The first kappa shape index (κ1) is 25.9. The van der Waals surface area contributed by atoms with Crippen LogP contribution >= 0.6 is 0 Å². The van der Waals surface area contributed by atoms with E-state index in [0.717, 1.165) is 24.0 Å². The Balaban J connectivity index is 1.29. The zero-order chi connectivity index (χ0) is 26.4. The molecule has 1 saturated heterocycles. The summed E-state index contributed by atoms with van der Waals surface area (Å²) >= 11 is 0. The average molecular weight is 505 g/mol. The summed E-state index contributed by atoms with van der Waals surface area (Å²) in [4.78, 5) is 38.5. The number of likely N-dealkylation sites (tertiary alicyclic amines) is 1. The fourth-order valence-electron chi connectivity index (χ4n) is 4.53. The third kappa shape index (κ3) is 6.14. The predicted octanol–water partition coefficient (Wildman–Crippen LogP) is 4.82. The van der Waals surface area contributed by atoms with E-state index in [1.165, 1.54) is 26.4 Å². The van der Waals surface area contributed by atoms with Gasteiger partial charge in [-0.1, -0.05) is 30.3 Å². The van der Waals surface area contributed by atoms with Crippen molar-refractivity contribution >= 4 is 23.5 Å². The van der Waals surface area contributed by atoms with Crippen LogP contribution in [0.25, 0.3) is 0 Å². The van der Waals surface area contributed by atoms with Crippen LogP contribution in [0.2, 0.25) is 0 Å². The highest BCUT2D eigenvalue weighted by Crippen LogP contribution is 2.30. The van der Waals surface area contributed by atoms with Crippen molar-refractivity contribution in [3.63, 3.8) is 0 Å². The maximum absolute atomic E-state index is 14.5. The molecular formula is C29H29FN2O5. The second-order valence-corrected chi connectivity index (χ2v) is 8.92. The Morgan fingerprint density at radius 3 is 2.24 bits per heavy atom. The van der Waals surface area contributed by atoms with Gasteiger partial charge in [0.25, 0.3) is 5.91 Å². The van der Waals surface area contributed by atoms with Crippen LogP contribution in [0.3, 0.4) is 0 Å². The molecular weight excluding hydrogens is 475 g/mol. The summed E-state index contributed by atoms with van der Waals surface area (Å²) in [6.07, 6.45) is 1.72. The molecule has 3 aromatic rings. The number of benzene rings is 3. The van der Waals surface area contributed by atoms with Crippen molar-refractivity contribution in [1.29, 1.82) is 0 Å². The van der Waals surface area contributed by atoms with Crippen LogP contribution < -0.4 is 10.1 Å². The quantitative estimate of drug-likeness (QED) is 0.467. The minimum Gasteiger partial charge on any atom is -0.494 e. The van der Waals surface area contributed by atoms with Gasteiger partial charge in [-0.2, -0.15) is 0 Å². The smallest absolute Gasteiger partial charge is 0.337 e. The molecule has 8 heteroatoms. The van der Waals surface area contributed by atoms with Crippen molar-refractivity contribution < 1.29 is 28.2 Å². The summed E-state index contributed by atoms with van der Waals surface area (Å²) < 4.78 is 24.2. The molecule has 0 aromatic heterocycles. The largest absolute Gasteiger partial charge is 0.494 e.